The largest absolute Gasteiger partial charge is 0.378 e. The van der Waals surface area contributed by atoms with Crippen LogP contribution in [0.2, 0.25) is 0 Å². The molecule has 3 unspecified atom stereocenters. The Bertz CT molecular complexity index is 110. The number of ether oxygens (including phenoxy) is 1. The van der Waals surface area contributed by atoms with Crippen molar-refractivity contribution in [3.05, 3.63) is 0 Å². The summed E-state index contributed by atoms with van der Waals surface area (Å²) in [5.41, 5.74) is 5.18. The Balaban J connectivity index is 2.38. The summed E-state index contributed by atoms with van der Waals surface area (Å²) in [7, 11) is 0. The fourth-order valence-electron chi connectivity index (χ4n) is 1.40. The van der Waals surface area contributed by atoms with E-state index in [0.717, 1.165) is 6.42 Å². The van der Waals surface area contributed by atoms with Crippen LogP contribution >= 0.6 is 0 Å². The Morgan fingerprint density at radius 1 is 1.80 bits per heavy atom. The number of rotatable bonds is 2. The first-order chi connectivity index (χ1) is 4.75. The van der Waals surface area contributed by atoms with Gasteiger partial charge in [0.1, 0.15) is 6.17 Å². The minimum absolute atomic E-state index is 0.0324. The van der Waals surface area contributed by atoms with E-state index in [1.165, 1.54) is 0 Å². The molecule has 0 amide bonds. The summed E-state index contributed by atoms with van der Waals surface area (Å²) < 4.78 is 18.1. The Hall–Kier alpha value is -0.150. The molecule has 1 fully saturated rings. The minimum Gasteiger partial charge on any atom is -0.378 e. The van der Waals surface area contributed by atoms with Gasteiger partial charge < -0.3 is 10.5 Å². The van der Waals surface area contributed by atoms with Gasteiger partial charge in [0.05, 0.1) is 6.10 Å². The highest BCUT2D eigenvalue weighted by molar-refractivity contribution is 4.79. The highest BCUT2D eigenvalue weighted by Crippen LogP contribution is 2.24. The molecule has 0 aromatic heterocycles. The van der Waals surface area contributed by atoms with Gasteiger partial charge in [-0.05, 0) is 13.3 Å². The van der Waals surface area contributed by atoms with Crippen LogP contribution in [0.3, 0.4) is 0 Å². The smallest absolute Gasteiger partial charge is 0.118 e. The molecular weight excluding hydrogens is 133 g/mol. The molecule has 3 heteroatoms. The van der Waals surface area contributed by atoms with E-state index in [0.29, 0.717) is 6.61 Å². The van der Waals surface area contributed by atoms with Crippen molar-refractivity contribution in [1.29, 1.82) is 0 Å². The summed E-state index contributed by atoms with van der Waals surface area (Å²) in [5.74, 6) is 0.0324. The second-order valence-electron chi connectivity index (χ2n) is 2.78. The fourth-order valence-corrected chi connectivity index (χ4v) is 1.40. The van der Waals surface area contributed by atoms with E-state index < -0.39 is 6.17 Å². The molecule has 10 heavy (non-hydrogen) atoms. The van der Waals surface area contributed by atoms with Gasteiger partial charge in [0, 0.05) is 19.1 Å². The van der Waals surface area contributed by atoms with Gasteiger partial charge in [-0.3, -0.25) is 0 Å². The Kier molecular flexibility index (Phi) is 2.63. The van der Waals surface area contributed by atoms with Crippen LogP contribution in [0.4, 0.5) is 4.39 Å². The molecule has 0 radical (unpaired) electrons. The zero-order chi connectivity index (χ0) is 7.56. The zero-order valence-corrected chi connectivity index (χ0v) is 6.22. The molecule has 0 aromatic carbocycles. The first kappa shape index (κ1) is 7.95. The lowest BCUT2D eigenvalue weighted by molar-refractivity contribution is 0.0810. The zero-order valence-electron chi connectivity index (χ0n) is 6.22. The van der Waals surface area contributed by atoms with Crippen LogP contribution in [0.25, 0.3) is 0 Å². The summed E-state index contributed by atoms with van der Waals surface area (Å²) in [6.45, 7) is 2.71. The maximum absolute atomic E-state index is 12.9. The first-order valence-electron chi connectivity index (χ1n) is 3.71. The number of hydrogen-bond acceptors (Lipinski definition) is 2. The quantitative estimate of drug-likeness (QED) is 0.624. The second kappa shape index (κ2) is 3.30. The van der Waals surface area contributed by atoms with Crippen molar-refractivity contribution in [1.82, 2.24) is 0 Å². The highest BCUT2D eigenvalue weighted by atomic mass is 19.1. The summed E-state index contributed by atoms with van der Waals surface area (Å²) in [6.07, 6.45) is -0.00412. The third-order valence-corrected chi connectivity index (χ3v) is 2.12. The van der Waals surface area contributed by atoms with Crippen LogP contribution in [-0.4, -0.2) is 25.4 Å². The molecule has 1 aliphatic heterocycles. The molecule has 1 rings (SSSR count). The van der Waals surface area contributed by atoms with Crippen LogP contribution in [0, 0.1) is 5.92 Å². The fraction of sp³-hybridized carbons (Fsp3) is 1.00. The lowest BCUT2D eigenvalue weighted by atomic mass is 9.97. The van der Waals surface area contributed by atoms with Crippen molar-refractivity contribution in [3.8, 4) is 0 Å². The van der Waals surface area contributed by atoms with E-state index >= 15 is 0 Å². The second-order valence-corrected chi connectivity index (χ2v) is 2.78. The Morgan fingerprint density at radius 3 is 2.90 bits per heavy atom. The molecule has 0 bridgehead atoms. The van der Waals surface area contributed by atoms with Crippen LogP contribution in [0.15, 0.2) is 0 Å². The monoisotopic (exact) mass is 147 g/mol. The lowest BCUT2D eigenvalue weighted by Crippen LogP contribution is -2.29. The van der Waals surface area contributed by atoms with E-state index in [9.17, 15) is 4.39 Å². The molecule has 1 aliphatic rings. The van der Waals surface area contributed by atoms with Gasteiger partial charge in [0.2, 0.25) is 0 Å². The van der Waals surface area contributed by atoms with Crippen molar-refractivity contribution in [2.45, 2.75) is 25.6 Å². The van der Waals surface area contributed by atoms with E-state index in [2.05, 4.69) is 0 Å². The van der Waals surface area contributed by atoms with E-state index in [1.54, 1.807) is 0 Å². The molecule has 3 atom stereocenters. The standard InChI is InChI=1S/C7H14FNO/c1-5-6(2-3-10-5)7(8)4-9/h5-7H,2-4,9H2,1H3. The third-order valence-electron chi connectivity index (χ3n) is 2.12. The molecule has 1 saturated heterocycles. The third kappa shape index (κ3) is 1.47. The maximum atomic E-state index is 12.9. The summed E-state index contributed by atoms with van der Waals surface area (Å²) in [6, 6.07) is 0. The number of alkyl halides is 1. The predicted octanol–water partition coefficient (Wildman–Crippen LogP) is 0.708. The molecule has 0 saturated carbocycles. The number of halogens is 1. The predicted molar refractivity (Wildman–Crippen MR) is 37.5 cm³/mol. The van der Waals surface area contributed by atoms with E-state index in [1.807, 2.05) is 6.92 Å². The number of hydrogen-bond donors (Lipinski definition) is 1. The first-order valence-corrected chi connectivity index (χ1v) is 3.71. The maximum Gasteiger partial charge on any atom is 0.118 e. The van der Waals surface area contributed by atoms with Gasteiger partial charge in [-0.15, -0.1) is 0 Å². The summed E-state index contributed by atoms with van der Waals surface area (Å²) in [5, 5.41) is 0. The molecule has 2 nitrogen and oxygen atoms in total. The Labute approximate surface area is 60.5 Å². The summed E-state index contributed by atoms with van der Waals surface area (Å²) >= 11 is 0. The molecule has 60 valence electrons. The van der Waals surface area contributed by atoms with Gasteiger partial charge in [-0.2, -0.15) is 0 Å². The lowest BCUT2D eigenvalue weighted by Gasteiger charge is -2.16. The molecule has 0 spiro atoms. The normalized spacial score (nSPS) is 36.3. The number of nitrogens with two attached hydrogens (primary N) is 1. The van der Waals surface area contributed by atoms with Crippen LogP contribution < -0.4 is 5.73 Å². The van der Waals surface area contributed by atoms with Crippen LogP contribution in [-0.2, 0) is 4.74 Å². The van der Waals surface area contributed by atoms with Crippen molar-refractivity contribution in [2.24, 2.45) is 11.7 Å². The molecule has 0 aliphatic carbocycles. The summed E-state index contributed by atoms with van der Waals surface area (Å²) in [4.78, 5) is 0. The van der Waals surface area contributed by atoms with Gasteiger partial charge in [0.15, 0.2) is 0 Å². The SMILES string of the molecule is CC1OCCC1C(F)CN. The topological polar surface area (TPSA) is 35.2 Å². The van der Waals surface area contributed by atoms with Crippen molar-refractivity contribution in [2.75, 3.05) is 13.2 Å². The average Bonchev–Trinajstić information content (AvgIpc) is 2.34. The van der Waals surface area contributed by atoms with Crippen molar-refractivity contribution >= 4 is 0 Å². The van der Waals surface area contributed by atoms with Crippen LogP contribution in [0.5, 0.6) is 0 Å². The minimum atomic E-state index is -0.877. The van der Waals surface area contributed by atoms with E-state index in [4.69, 9.17) is 10.5 Å². The van der Waals surface area contributed by atoms with E-state index in [-0.39, 0.29) is 18.6 Å². The molecule has 1 heterocycles. The van der Waals surface area contributed by atoms with Crippen molar-refractivity contribution < 1.29 is 9.13 Å². The average molecular weight is 147 g/mol. The van der Waals surface area contributed by atoms with Crippen LogP contribution in [0.1, 0.15) is 13.3 Å². The van der Waals surface area contributed by atoms with Gasteiger partial charge in [-0.1, -0.05) is 0 Å². The van der Waals surface area contributed by atoms with Gasteiger partial charge >= 0.3 is 0 Å². The van der Waals surface area contributed by atoms with Gasteiger partial charge in [0.25, 0.3) is 0 Å². The Morgan fingerprint density at radius 2 is 2.50 bits per heavy atom. The van der Waals surface area contributed by atoms with Gasteiger partial charge in [-0.25, -0.2) is 4.39 Å². The highest BCUT2D eigenvalue weighted by Gasteiger charge is 2.30. The van der Waals surface area contributed by atoms with Crippen molar-refractivity contribution in [3.63, 3.8) is 0 Å². The molecule has 2 N–H and O–H groups in total. The molecular formula is C7H14FNO. The molecule has 0 aromatic rings.